The molecule has 11 aromatic carbocycles. The van der Waals surface area contributed by atoms with Crippen LogP contribution in [-0.2, 0) is 0 Å². The standard InChI is InChI=1S/C60H40OSi/c1-4-19-47(20-5-1)62(48-21-6-2-7-22-48,49-23-8-3-9-24-49)57-30-16-29-56-60(57)54-40-46(37-38-55(54)61-56)59-52-27-14-12-25-50(52)58(51-26-13-15-28-53(51)59)43-34-31-42(32-35-43)45-36-33-41-17-10-11-18-44(41)39-45/h1-40H. The fourth-order valence-electron chi connectivity index (χ4n) is 10.3. The molecule has 0 saturated carbocycles. The highest BCUT2D eigenvalue weighted by atomic mass is 28.3. The van der Waals surface area contributed by atoms with Gasteiger partial charge in [-0.05, 0) is 111 Å². The molecule has 1 heterocycles. The zero-order valence-electron chi connectivity index (χ0n) is 34.0. The number of benzene rings is 11. The molecule has 0 aliphatic carbocycles. The Labute approximate surface area is 361 Å². The molecule has 0 aliphatic rings. The van der Waals surface area contributed by atoms with E-state index in [1.165, 1.54) is 91.8 Å². The molecule has 0 aliphatic heterocycles. The Kier molecular flexibility index (Phi) is 8.58. The molecule has 2 heteroatoms. The second-order valence-electron chi connectivity index (χ2n) is 16.3. The molecule has 1 aromatic heterocycles. The number of fused-ring (bicyclic) bond motifs is 6. The Morgan fingerprint density at radius 2 is 0.742 bits per heavy atom. The predicted molar refractivity (Wildman–Crippen MR) is 266 cm³/mol. The van der Waals surface area contributed by atoms with Crippen LogP contribution in [0.3, 0.4) is 0 Å². The van der Waals surface area contributed by atoms with Crippen LogP contribution in [0.4, 0.5) is 0 Å². The minimum atomic E-state index is -2.87. The van der Waals surface area contributed by atoms with Crippen molar-refractivity contribution < 1.29 is 4.42 Å². The predicted octanol–water partition coefficient (Wildman–Crippen LogP) is 13.4. The van der Waals surface area contributed by atoms with Crippen LogP contribution in [0.1, 0.15) is 0 Å². The number of rotatable bonds is 7. The average Bonchev–Trinajstić information content (AvgIpc) is 3.73. The van der Waals surface area contributed by atoms with Crippen LogP contribution in [0.2, 0.25) is 0 Å². The van der Waals surface area contributed by atoms with Crippen molar-refractivity contribution in [2.24, 2.45) is 0 Å². The van der Waals surface area contributed by atoms with Crippen LogP contribution in [0.5, 0.6) is 0 Å². The molecule has 0 amide bonds. The summed E-state index contributed by atoms with van der Waals surface area (Å²) in [6.45, 7) is 0. The first-order chi connectivity index (χ1) is 30.8. The summed E-state index contributed by atoms with van der Waals surface area (Å²) in [6.07, 6.45) is 0. The maximum absolute atomic E-state index is 6.82. The summed E-state index contributed by atoms with van der Waals surface area (Å²) >= 11 is 0. The Hall–Kier alpha value is -7.78. The summed E-state index contributed by atoms with van der Waals surface area (Å²) in [5.41, 5.74) is 9.11. The molecule has 0 N–H and O–H groups in total. The molecule has 0 fully saturated rings. The van der Waals surface area contributed by atoms with Crippen LogP contribution < -0.4 is 20.7 Å². The van der Waals surface area contributed by atoms with Gasteiger partial charge in [0.1, 0.15) is 11.2 Å². The summed E-state index contributed by atoms with van der Waals surface area (Å²) in [6, 6.07) is 89.4. The number of furan rings is 1. The first kappa shape index (κ1) is 36.1. The largest absolute Gasteiger partial charge is 0.456 e. The fourth-order valence-corrected chi connectivity index (χ4v) is 15.3. The smallest absolute Gasteiger partial charge is 0.180 e. The van der Waals surface area contributed by atoms with Crippen molar-refractivity contribution in [1.82, 2.24) is 0 Å². The molecule has 0 unspecified atom stereocenters. The van der Waals surface area contributed by atoms with Crippen molar-refractivity contribution in [3.63, 3.8) is 0 Å². The molecule has 62 heavy (non-hydrogen) atoms. The van der Waals surface area contributed by atoms with Gasteiger partial charge in [0.25, 0.3) is 0 Å². The Morgan fingerprint density at radius 3 is 1.32 bits per heavy atom. The van der Waals surface area contributed by atoms with Gasteiger partial charge in [-0.2, -0.15) is 0 Å². The lowest BCUT2D eigenvalue weighted by Crippen LogP contribution is -2.74. The van der Waals surface area contributed by atoms with E-state index < -0.39 is 8.07 Å². The lowest BCUT2D eigenvalue weighted by atomic mass is 9.85. The van der Waals surface area contributed by atoms with E-state index in [1.807, 2.05) is 0 Å². The second kappa shape index (κ2) is 14.7. The lowest BCUT2D eigenvalue weighted by Gasteiger charge is -2.34. The molecular formula is C60H40OSi. The maximum atomic E-state index is 6.82. The topological polar surface area (TPSA) is 13.1 Å². The summed E-state index contributed by atoms with van der Waals surface area (Å²) in [7, 11) is -2.87. The zero-order chi connectivity index (χ0) is 41.0. The van der Waals surface area contributed by atoms with Gasteiger partial charge in [-0.15, -0.1) is 0 Å². The van der Waals surface area contributed by atoms with Crippen molar-refractivity contribution >= 4 is 83.1 Å². The third kappa shape index (κ3) is 5.69. The molecular weight excluding hydrogens is 765 g/mol. The van der Waals surface area contributed by atoms with Crippen molar-refractivity contribution in [3.05, 3.63) is 243 Å². The third-order valence-corrected chi connectivity index (χ3v) is 17.8. The van der Waals surface area contributed by atoms with E-state index in [0.29, 0.717) is 0 Å². The normalized spacial score (nSPS) is 11.9. The molecule has 0 radical (unpaired) electrons. The van der Waals surface area contributed by atoms with E-state index in [-0.39, 0.29) is 0 Å². The highest BCUT2D eigenvalue weighted by molar-refractivity contribution is 7.20. The maximum Gasteiger partial charge on any atom is 0.180 e. The zero-order valence-corrected chi connectivity index (χ0v) is 35.0. The van der Waals surface area contributed by atoms with E-state index in [0.717, 1.165) is 16.6 Å². The van der Waals surface area contributed by atoms with Gasteiger partial charge < -0.3 is 4.42 Å². The molecule has 290 valence electrons. The summed E-state index contributed by atoms with van der Waals surface area (Å²) in [5, 5.41) is 15.1. The van der Waals surface area contributed by atoms with E-state index in [2.05, 4.69) is 243 Å². The highest BCUT2D eigenvalue weighted by Crippen LogP contribution is 2.45. The monoisotopic (exact) mass is 804 g/mol. The van der Waals surface area contributed by atoms with Crippen LogP contribution in [0.25, 0.3) is 87.6 Å². The van der Waals surface area contributed by atoms with Crippen molar-refractivity contribution in [3.8, 4) is 33.4 Å². The van der Waals surface area contributed by atoms with Crippen LogP contribution in [-0.4, -0.2) is 8.07 Å². The first-order valence-electron chi connectivity index (χ1n) is 21.4. The molecule has 1 nitrogen and oxygen atoms in total. The van der Waals surface area contributed by atoms with Gasteiger partial charge in [0, 0.05) is 10.8 Å². The van der Waals surface area contributed by atoms with Crippen molar-refractivity contribution in [2.45, 2.75) is 0 Å². The summed E-state index contributed by atoms with van der Waals surface area (Å²) < 4.78 is 6.82. The van der Waals surface area contributed by atoms with E-state index in [9.17, 15) is 0 Å². The minimum Gasteiger partial charge on any atom is -0.456 e. The molecule has 0 spiro atoms. The van der Waals surface area contributed by atoms with Gasteiger partial charge in [-0.25, -0.2) is 0 Å². The Balaban J connectivity index is 1.08. The van der Waals surface area contributed by atoms with Gasteiger partial charge in [-0.3, -0.25) is 0 Å². The quantitative estimate of drug-likeness (QED) is 0.0888. The minimum absolute atomic E-state index is 0.894. The summed E-state index contributed by atoms with van der Waals surface area (Å²) in [4.78, 5) is 0. The molecule has 0 bridgehead atoms. The van der Waals surface area contributed by atoms with Crippen molar-refractivity contribution in [1.29, 1.82) is 0 Å². The van der Waals surface area contributed by atoms with Gasteiger partial charge in [0.2, 0.25) is 0 Å². The van der Waals surface area contributed by atoms with Gasteiger partial charge in [0.05, 0.1) is 0 Å². The molecule has 0 saturated heterocycles. The SMILES string of the molecule is c1ccc([Si](c2ccccc2)(c2ccccc2)c2cccc3oc4ccc(-c5c6ccccc6c(-c6ccc(-c7ccc8ccccc8c7)cc6)c6ccccc56)cc4c23)cc1. The third-order valence-electron chi connectivity index (χ3n) is 13.0. The number of hydrogen-bond donors (Lipinski definition) is 0. The van der Waals surface area contributed by atoms with Crippen LogP contribution in [0.15, 0.2) is 247 Å². The highest BCUT2D eigenvalue weighted by Gasteiger charge is 2.43. The Bertz CT molecular complexity index is 3450. The molecule has 12 rings (SSSR count). The van der Waals surface area contributed by atoms with Crippen molar-refractivity contribution in [2.75, 3.05) is 0 Å². The van der Waals surface area contributed by atoms with Crippen LogP contribution >= 0.6 is 0 Å². The Morgan fingerprint density at radius 1 is 0.274 bits per heavy atom. The second-order valence-corrected chi connectivity index (χ2v) is 20.1. The lowest BCUT2D eigenvalue weighted by molar-refractivity contribution is 0.669. The van der Waals surface area contributed by atoms with Gasteiger partial charge in [0.15, 0.2) is 8.07 Å². The van der Waals surface area contributed by atoms with Gasteiger partial charge >= 0.3 is 0 Å². The van der Waals surface area contributed by atoms with E-state index in [4.69, 9.17) is 4.42 Å². The number of hydrogen-bond acceptors (Lipinski definition) is 1. The van der Waals surface area contributed by atoms with E-state index in [1.54, 1.807) is 0 Å². The summed E-state index contributed by atoms with van der Waals surface area (Å²) in [5.74, 6) is 0. The average molecular weight is 805 g/mol. The van der Waals surface area contributed by atoms with Crippen LogP contribution in [0, 0.1) is 0 Å². The molecule has 0 atom stereocenters. The van der Waals surface area contributed by atoms with Gasteiger partial charge in [-0.1, -0.05) is 218 Å². The van der Waals surface area contributed by atoms with E-state index >= 15 is 0 Å². The molecule has 12 aromatic rings. The fraction of sp³-hybridized carbons (Fsp3) is 0. The first-order valence-corrected chi connectivity index (χ1v) is 23.4.